The molecule has 1 aromatic heterocycles. The molecule has 0 saturated carbocycles. The van der Waals surface area contributed by atoms with Gasteiger partial charge in [0.2, 0.25) is 0 Å². The van der Waals surface area contributed by atoms with E-state index in [2.05, 4.69) is 9.97 Å². The highest BCUT2D eigenvalue weighted by Crippen LogP contribution is 2.22. The molecule has 2 rings (SSSR count). The maximum absolute atomic E-state index is 11.9. The van der Waals surface area contributed by atoms with Crippen LogP contribution in [0, 0.1) is 0 Å². The van der Waals surface area contributed by atoms with E-state index in [4.69, 9.17) is 4.74 Å². The zero-order chi connectivity index (χ0) is 13.3. The number of carbonyl (C=O) groups excluding carboxylic acids is 1. The molecule has 1 aliphatic heterocycles. The van der Waals surface area contributed by atoms with Gasteiger partial charge < -0.3 is 4.74 Å². The minimum absolute atomic E-state index is 0.293. The van der Waals surface area contributed by atoms with Crippen LogP contribution in [0.1, 0.15) is 44.8 Å². The Morgan fingerprint density at radius 3 is 2.78 bits per heavy atom. The van der Waals surface area contributed by atoms with Crippen molar-refractivity contribution < 1.29 is 9.53 Å². The Balaban J connectivity index is 2.08. The van der Waals surface area contributed by atoms with E-state index in [1.165, 1.54) is 0 Å². The summed E-state index contributed by atoms with van der Waals surface area (Å²) in [5.41, 5.74) is 1.48. The zero-order valence-corrected chi connectivity index (χ0v) is 11.4. The summed E-state index contributed by atoms with van der Waals surface area (Å²) >= 11 is 0. The third-order valence-corrected chi connectivity index (χ3v) is 2.67. The van der Waals surface area contributed by atoms with Crippen molar-refractivity contribution >= 4 is 6.09 Å². The second-order valence-corrected chi connectivity index (χ2v) is 5.45. The number of amides is 1. The van der Waals surface area contributed by atoms with Gasteiger partial charge in [0.05, 0.1) is 18.8 Å². The van der Waals surface area contributed by atoms with E-state index in [-0.39, 0.29) is 6.09 Å². The first kappa shape index (κ1) is 12.8. The molecule has 1 aromatic rings. The Hall–Kier alpha value is -1.65. The van der Waals surface area contributed by atoms with E-state index >= 15 is 0 Å². The summed E-state index contributed by atoms with van der Waals surface area (Å²) < 4.78 is 5.35. The molecule has 5 heteroatoms. The van der Waals surface area contributed by atoms with Crippen LogP contribution in [0.2, 0.25) is 0 Å². The minimum atomic E-state index is -0.466. The van der Waals surface area contributed by atoms with Crippen molar-refractivity contribution in [2.75, 3.05) is 0 Å². The first-order valence-electron chi connectivity index (χ1n) is 6.20. The fourth-order valence-electron chi connectivity index (χ4n) is 1.82. The molecule has 1 aliphatic rings. The predicted molar refractivity (Wildman–Crippen MR) is 66.9 cm³/mol. The molecule has 0 fully saturated rings. The lowest BCUT2D eigenvalue weighted by Crippen LogP contribution is -2.33. The summed E-state index contributed by atoms with van der Waals surface area (Å²) in [4.78, 5) is 22.3. The van der Waals surface area contributed by atoms with E-state index in [9.17, 15) is 4.79 Å². The Morgan fingerprint density at radius 1 is 1.44 bits per heavy atom. The Labute approximate surface area is 107 Å². The van der Waals surface area contributed by atoms with E-state index in [0.29, 0.717) is 13.1 Å². The van der Waals surface area contributed by atoms with Crippen LogP contribution in [0.3, 0.4) is 0 Å². The summed E-state index contributed by atoms with van der Waals surface area (Å²) in [7, 11) is 0. The van der Waals surface area contributed by atoms with Gasteiger partial charge in [-0.2, -0.15) is 0 Å². The topological polar surface area (TPSA) is 55.3 Å². The SMILES string of the molecule is CCc1ncc2c(n1)CN(C(=O)OC(C)(C)C)C2. The average molecular weight is 249 g/mol. The van der Waals surface area contributed by atoms with Crippen molar-refractivity contribution in [1.29, 1.82) is 0 Å². The predicted octanol–water partition coefficient (Wildman–Crippen LogP) is 2.29. The zero-order valence-electron chi connectivity index (χ0n) is 11.4. The smallest absolute Gasteiger partial charge is 0.410 e. The van der Waals surface area contributed by atoms with Crippen molar-refractivity contribution in [1.82, 2.24) is 14.9 Å². The highest BCUT2D eigenvalue weighted by atomic mass is 16.6. The number of ether oxygens (including phenoxy) is 1. The first-order valence-corrected chi connectivity index (χ1v) is 6.20. The molecule has 2 heterocycles. The monoisotopic (exact) mass is 249 g/mol. The molecular weight excluding hydrogens is 230 g/mol. The Bertz CT molecular complexity index is 466. The molecule has 0 unspecified atom stereocenters. The second kappa shape index (κ2) is 4.55. The molecule has 1 amide bonds. The second-order valence-electron chi connectivity index (χ2n) is 5.45. The van der Waals surface area contributed by atoms with Gasteiger partial charge in [0.15, 0.2) is 0 Å². The number of hydrogen-bond acceptors (Lipinski definition) is 4. The molecule has 0 N–H and O–H groups in total. The molecule has 0 bridgehead atoms. The van der Waals surface area contributed by atoms with Gasteiger partial charge in [0.1, 0.15) is 11.4 Å². The van der Waals surface area contributed by atoms with Crippen LogP contribution in [0.15, 0.2) is 6.20 Å². The highest BCUT2D eigenvalue weighted by molar-refractivity contribution is 5.69. The van der Waals surface area contributed by atoms with Gasteiger partial charge in [0.25, 0.3) is 0 Å². The molecule has 0 spiro atoms. The van der Waals surface area contributed by atoms with Crippen LogP contribution in [0.4, 0.5) is 4.79 Å². The summed E-state index contributed by atoms with van der Waals surface area (Å²) in [5, 5.41) is 0. The van der Waals surface area contributed by atoms with E-state index < -0.39 is 5.60 Å². The molecule has 18 heavy (non-hydrogen) atoms. The fraction of sp³-hybridized carbons (Fsp3) is 0.615. The quantitative estimate of drug-likeness (QED) is 0.766. The minimum Gasteiger partial charge on any atom is -0.444 e. The maximum atomic E-state index is 11.9. The molecule has 0 aliphatic carbocycles. The normalized spacial score (nSPS) is 14.6. The van der Waals surface area contributed by atoms with Crippen LogP contribution in [0.5, 0.6) is 0 Å². The Kier molecular flexibility index (Phi) is 3.24. The maximum Gasteiger partial charge on any atom is 0.410 e. The van der Waals surface area contributed by atoms with Gasteiger partial charge in [0, 0.05) is 18.2 Å². The van der Waals surface area contributed by atoms with Gasteiger partial charge in [-0.05, 0) is 20.8 Å². The lowest BCUT2D eigenvalue weighted by atomic mass is 10.2. The number of rotatable bonds is 1. The number of hydrogen-bond donors (Lipinski definition) is 0. The molecule has 5 nitrogen and oxygen atoms in total. The Morgan fingerprint density at radius 2 is 2.17 bits per heavy atom. The molecule has 98 valence electrons. The molecule has 0 saturated heterocycles. The van der Waals surface area contributed by atoms with E-state index in [1.54, 1.807) is 4.90 Å². The van der Waals surface area contributed by atoms with Crippen LogP contribution in [0.25, 0.3) is 0 Å². The van der Waals surface area contributed by atoms with Gasteiger partial charge in [-0.15, -0.1) is 0 Å². The summed E-state index contributed by atoms with van der Waals surface area (Å²) in [6, 6.07) is 0. The summed E-state index contributed by atoms with van der Waals surface area (Å²) in [6.07, 6.45) is 2.32. The third kappa shape index (κ3) is 2.78. The third-order valence-electron chi connectivity index (χ3n) is 2.67. The number of fused-ring (bicyclic) bond motifs is 1. The van der Waals surface area contributed by atoms with Crippen LogP contribution >= 0.6 is 0 Å². The van der Waals surface area contributed by atoms with Crippen molar-refractivity contribution in [3.63, 3.8) is 0 Å². The number of carbonyl (C=O) groups is 1. The molecular formula is C13H19N3O2. The first-order chi connectivity index (χ1) is 8.39. The molecule has 0 atom stereocenters. The highest BCUT2D eigenvalue weighted by Gasteiger charge is 2.28. The van der Waals surface area contributed by atoms with Gasteiger partial charge in [-0.3, -0.25) is 4.90 Å². The van der Waals surface area contributed by atoms with Gasteiger partial charge in [-0.1, -0.05) is 6.92 Å². The largest absolute Gasteiger partial charge is 0.444 e. The van der Waals surface area contributed by atoms with Crippen molar-refractivity contribution in [3.8, 4) is 0 Å². The van der Waals surface area contributed by atoms with Crippen LogP contribution < -0.4 is 0 Å². The standard InChI is InChI=1S/C13H19N3O2/c1-5-11-14-6-9-7-16(8-10(9)15-11)12(17)18-13(2,3)4/h6H,5,7-8H2,1-4H3. The van der Waals surface area contributed by atoms with Gasteiger partial charge in [-0.25, -0.2) is 14.8 Å². The van der Waals surface area contributed by atoms with Crippen molar-refractivity contribution in [2.24, 2.45) is 0 Å². The van der Waals surface area contributed by atoms with E-state index in [0.717, 1.165) is 23.5 Å². The molecule has 0 aromatic carbocycles. The number of nitrogens with zero attached hydrogens (tertiary/aromatic N) is 3. The number of aryl methyl sites for hydroxylation is 1. The van der Waals surface area contributed by atoms with E-state index in [1.807, 2.05) is 33.9 Å². The van der Waals surface area contributed by atoms with Crippen LogP contribution in [-0.4, -0.2) is 26.6 Å². The average Bonchev–Trinajstić information content (AvgIpc) is 2.69. The molecule has 0 radical (unpaired) electrons. The van der Waals surface area contributed by atoms with Crippen LogP contribution in [-0.2, 0) is 24.2 Å². The van der Waals surface area contributed by atoms with Crippen molar-refractivity contribution in [2.45, 2.75) is 52.8 Å². The lowest BCUT2D eigenvalue weighted by molar-refractivity contribution is 0.0240. The van der Waals surface area contributed by atoms with Crippen molar-refractivity contribution in [3.05, 3.63) is 23.3 Å². The lowest BCUT2D eigenvalue weighted by Gasteiger charge is -2.23. The summed E-state index contributed by atoms with van der Waals surface area (Å²) in [6.45, 7) is 8.66. The van der Waals surface area contributed by atoms with Gasteiger partial charge >= 0.3 is 6.09 Å². The summed E-state index contributed by atoms with van der Waals surface area (Å²) in [5.74, 6) is 0.819. The number of aromatic nitrogens is 2. The fourth-order valence-corrected chi connectivity index (χ4v) is 1.82.